The average molecular weight is 286 g/mol. The number of pyridine rings is 2. The molecule has 1 aliphatic rings. The van der Waals surface area contributed by atoms with Crippen LogP contribution < -0.4 is 0 Å². The minimum absolute atomic E-state index is 0.252. The quantitative estimate of drug-likeness (QED) is 0.716. The number of aryl methyl sites for hydroxylation is 1. The highest BCUT2D eigenvalue weighted by atomic mass is 16.1. The number of carbonyl (C=O) groups is 1. The average Bonchev–Trinajstić information content (AvgIpc) is 2.96. The number of nitrogens with zero attached hydrogens (tertiary/aromatic N) is 2. The molecule has 3 nitrogen and oxygen atoms in total. The lowest BCUT2D eigenvalue weighted by Crippen LogP contribution is -1.92. The fraction of sp³-hybridized carbons (Fsp3) is 0.105. The van der Waals surface area contributed by atoms with E-state index in [0.29, 0.717) is 6.42 Å². The number of carbonyl (C=O) groups excluding carboxylic acids is 1. The van der Waals surface area contributed by atoms with Gasteiger partial charge in [-0.2, -0.15) is 0 Å². The molecule has 3 aromatic rings. The first-order chi connectivity index (χ1) is 10.8. The molecule has 0 bridgehead atoms. The van der Waals surface area contributed by atoms with Gasteiger partial charge in [0.25, 0.3) is 0 Å². The van der Waals surface area contributed by atoms with Crippen LogP contribution in [0.25, 0.3) is 22.4 Å². The minimum atomic E-state index is 0.252. The maximum atomic E-state index is 11.7. The van der Waals surface area contributed by atoms with Crippen LogP contribution in [0.1, 0.15) is 22.3 Å². The lowest BCUT2D eigenvalue weighted by Gasteiger charge is -2.06. The third-order valence-electron chi connectivity index (χ3n) is 4.10. The second-order valence-corrected chi connectivity index (χ2v) is 5.46. The molecule has 0 spiro atoms. The van der Waals surface area contributed by atoms with Crippen LogP contribution in [-0.4, -0.2) is 15.8 Å². The number of hydrogen-bond acceptors (Lipinski definition) is 3. The SMILES string of the molecule is O=C1CCc2cc(-c3ccc(-c4ccncc4)cn3)ccc21. The largest absolute Gasteiger partial charge is 0.294 e. The van der Waals surface area contributed by atoms with E-state index in [1.54, 1.807) is 12.4 Å². The number of fused-ring (bicyclic) bond motifs is 1. The molecule has 0 saturated heterocycles. The second-order valence-electron chi connectivity index (χ2n) is 5.46. The summed E-state index contributed by atoms with van der Waals surface area (Å²) in [5, 5.41) is 0. The molecular formula is C19H14N2O. The van der Waals surface area contributed by atoms with E-state index < -0.39 is 0 Å². The number of ketones is 1. The Balaban J connectivity index is 1.68. The number of rotatable bonds is 2. The lowest BCUT2D eigenvalue weighted by atomic mass is 10.0. The Morgan fingerprint density at radius 2 is 1.64 bits per heavy atom. The van der Waals surface area contributed by atoms with E-state index in [1.807, 2.05) is 36.5 Å². The molecule has 0 atom stereocenters. The molecule has 106 valence electrons. The number of benzene rings is 1. The maximum Gasteiger partial charge on any atom is 0.163 e. The van der Waals surface area contributed by atoms with Crippen molar-refractivity contribution in [2.24, 2.45) is 0 Å². The van der Waals surface area contributed by atoms with Crippen molar-refractivity contribution in [1.29, 1.82) is 0 Å². The molecule has 1 aliphatic carbocycles. The standard InChI is InChI=1S/C19H14N2O/c22-19-6-3-14-11-15(1-4-17(14)19)18-5-2-16(12-21-18)13-7-9-20-10-8-13/h1-2,4-5,7-12H,3,6H2. The Hall–Kier alpha value is -2.81. The molecule has 22 heavy (non-hydrogen) atoms. The van der Waals surface area contributed by atoms with Crippen LogP contribution >= 0.6 is 0 Å². The van der Waals surface area contributed by atoms with Crippen molar-refractivity contribution in [2.45, 2.75) is 12.8 Å². The van der Waals surface area contributed by atoms with Crippen LogP contribution in [0.4, 0.5) is 0 Å². The maximum absolute atomic E-state index is 11.7. The van der Waals surface area contributed by atoms with Crippen LogP contribution in [0, 0.1) is 0 Å². The first kappa shape index (κ1) is 12.9. The van der Waals surface area contributed by atoms with Crippen LogP contribution in [0.2, 0.25) is 0 Å². The highest BCUT2D eigenvalue weighted by Gasteiger charge is 2.19. The highest BCUT2D eigenvalue weighted by Crippen LogP contribution is 2.28. The van der Waals surface area contributed by atoms with E-state index in [0.717, 1.165) is 39.9 Å². The predicted molar refractivity (Wildman–Crippen MR) is 85.6 cm³/mol. The molecule has 0 fully saturated rings. The van der Waals surface area contributed by atoms with Crippen molar-refractivity contribution >= 4 is 5.78 Å². The van der Waals surface area contributed by atoms with Crippen molar-refractivity contribution in [3.8, 4) is 22.4 Å². The van der Waals surface area contributed by atoms with Crippen molar-refractivity contribution in [3.05, 3.63) is 72.2 Å². The van der Waals surface area contributed by atoms with Gasteiger partial charge in [0.2, 0.25) is 0 Å². The Labute approximate surface area is 128 Å². The van der Waals surface area contributed by atoms with Crippen LogP contribution in [0.5, 0.6) is 0 Å². The molecule has 1 aromatic carbocycles. The first-order valence-electron chi connectivity index (χ1n) is 7.34. The summed E-state index contributed by atoms with van der Waals surface area (Å²) in [6, 6.07) is 14.0. The highest BCUT2D eigenvalue weighted by molar-refractivity contribution is 6.00. The summed E-state index contributed by atoms with van der Waals surface area (Å²) < 4.78 is 0. The molecule has 0 N–H and O–H groups in total. The summed E-state index contributed by atoms with van der Waals surface area (Å²) in [5.41, 5.74) is 6.19. The van der Waals surface area contributed by atoms with Gasteiger partial charge < -0.3 is 0 Å². The van der Waals surface area contributed by atoms with E-state index in [-0.39, 0.29) is 5.78 Å². The number of hydrogen-bond donors (Lipinski definition) is 0. The second kappa shape index (κ2) is 5.19. The van der Waals surface area contributed by atoms with Gasteiger partial charge in [-0.1, -0.05) is 18.2 Å². The Bertz CT molecular complexity index is 839. The van der Waals surface area contributed by atoms with Gasteiger partial charge in [0.1, 0.15) is 0 Å². The van der Waals surface area contributed by atoms with Crippen molar-refractivity contribution in [1.82, 2.24) is 9.97 Å². The molecular weight excluding hydrogens is 272 g/mol. The molecule has 0 radical (unpaired) electrons. The van der Waals surface area contributed by atoms with Gasteiger partial charge in [0, 0.05) is 41.7 Å². The van der Waals surface area contributed by atoms with Gasteiger partial charge in [-0.15, -0.1) is 0 Å². The normalized spacial score (nSPS) is 13.2. The summed E-state index contributed by atoms with van der Waals surface area (Å²) in [5.74, 6) is 0.252. The van der Waals surface area contributed by atoms with Crippen molar-refractivity contribution in [2.75, 3.05) is 0 Å². The van der Waals surface area contributed by atoms with E-state index >= 15 is 0 Å². The fourth-order valence-electron chi connectivity index (χ4n) is 2.89. The Kier molecular flexibility index (Phi) is 3.04. The smallest absolute Gasteiger partial charge is 0.163 e. The topological polar surface area (TPSA) is 42.9 Å². The van der Waals surface area contributed by atoms with E-state index in [1.165, 1.54) is 0 Å². The molecule has 2 heterocycles. The van der Waals surface area contributed by atoms with Crippen molar-refractivity contribution < 1.29 is 4.79 Å². The molecule has 0 unspecified atom stereocenters. The minimum Gasteiger partial charge on any atom is -0.294 e. The molecule has 2 aromatic heterocycles. The molecule has 3 heteroatoms. The Morgan fingerprint density at radius 1 is 0.818 bits per heavy atom. The van der Waals surface area contributed by atoms with Gasteiger partial charge in [-0.3, -0.25) is 14.8 Å². The molecule has 0 amide bonds. The van der Waals surface area contributed by atoms with Crippen molar-refractivity contribution in [3.63, 3.8) is 0 Å². The third kappa shape index (κ3) is 2.21. The van der Waals surface area contributed by atoms with Gasteiger partial charge >= 0.3 is 0 Å². The zero-order valence-electron chi connectivity index (χ0n) is 12.0. The zero-order valence-corrected chi connectivity index (χ0v) is 12.0. The zero-order chi connectivity index (χ0) is 14.9. The van der Waals surface area contributed by atoms with Crippen LogP contribution in [-0.2, 0) is 6.42 Å². The summed E-state index contributed by atoms with van der Waals surface area (Å²) in [7, 11) is 0. The van der Waals surface area contributed by atoms with Gasteiger partial charge in [-0.25, -0.2) is 0 Å². The lowest BCUT2D eigenvalue weighted by molar-refractivity contribution is 0.0994. The first-order valence-corrected chi connectivity index (χ1v) is 7.34. The molecule has 0 saturated carbocycles. The van der Waals surface area contributed by atoms with Gasteiger partial charge in [-0.05, 0) is 41.8 Å². The Morgan fingerprint density at radius 3 is 2.41 bits per heavy atom. The number of Topliss-reactive ketones (excluding diaryl/α,β-unsaturated/α-hetero) is 1. The van der Waals surface area contributed by atoms with Crippen LogP contribution in [0.15, 0.2) is 61.1 Å². The van der Waals surface area contributed by atoms with Gasteiger partial charge in [0.15, 0.2) is 5.78 Å². The molecule has 4 rings (SSSR count). The van der Waals surface area contributed by atoms with Crippen LogP contribution in [0.3, 0.4) is 0 Å². The van der Waals surface area contributed by atoms with E-state index in [2.05, 4.69) is 22.1 Å². The molecule has 0 aliphatic heterocycles. The predicted octanol–water partition coefficient (Wildman–Crippen LogP) is 3.94. The van der Waals surface area contributed by atoms with Gasteiger partial charge in [0.05, 0.1) is 5.69 Å². The van der Waals surface area contributed by atoms with E-state index in [9.17, 15) is 4.79 Å². The third-order valence-corrected chi connectivity index (χ3v) is 4.10. The summed E-state index contributed by atoms with van der Waals surface area (Å²) in [4.78, 5) is 20.3. The summed E-state index contributed by atoms with van der Waals surface area (Å²) >= 11 is 0. The summed E-state index contributed by atoms with van der Waals surface area (Å²) in [6.07, 6.45) is 6.91. The fourth-order valence-corrected chi connectivity index (χ4v) is 2.89. The van der Waals surface area contributed by atoms with E-state index in [4.69, 9.17) is 0 Å². The number of aromatic nitrogens is 2. The summed E-state index contributed by atoms with van der Waals surface area (Å²) in [6.45, 7) is 0. The monoisotopic (exact) mass is 286 g/mol.